The summed E-state index contributed by atoms with van der Waals surface area (Å²) in [6.07, 6.45) is 4.01. The molecule has 0 bridgehead atoms. The van der Waals surface area contributed by atoms with E-state index in [0.717, 1.165) is 33.8 Å². The Morgan fingerprint density at radius 1 is 0.913 bits per heavy atom. The van der Waals surface area contributed by atoms with E-state index in [0.29, 0.717) is 5.89 Å². The van der Waals surface area contributed by atoms with Gasteiger partial charge in [0.25, 0.3) is 0 Å². The van der Waals surface area contributed by atoms with Crippen molar-refractivity contribution in [3.8, 4) is 11.5 Å². The molecule has 0 saturated heterocycles. The smallest absolute Gasteiger partial charge is 0.227 e. The SMILES string of the molecule is Clc1ccccc1C[n+]1ccc(-c2nc3ccccc3o2)cc1. The zero-order valence-corrected chi connectivity index (χ0v) is 13.1. The number of pyridine rings is 1. The van der Waals surface area contributed by atoms with Gasteiger partial charge in [-0.3, -0.25) is 0 Å². The summed E-state index contributed by atoms with van der Waals surface area (Å²) in [5, 5.41) is 0.781. The summed E-state index contributed by atoms with van der Waals surface area (Å²) in [5.41, 5.74) is 3.72. The topological polar surface area (TPSA) is 29.9 Å². The minimum absolute atomic E-state index is 0.635. The average Bonchev–Trinajstić information content (AvgIpc) is 3.02. The van der Waals surface area contributed by atoms with Crippen molar-refractivity contribution in [1.29, 1.82) is 0 Å². The summed E-state index contributed by atoms with van der Waals surface area (Å²) in [5.74, 6) is 0.635. The Bertz CT molecular complexity index is 927. The summed E-state index contributed by atoms with van der Waals surface area (Å²) in [6, 6.07) is 19.6. The number of rotatable bonds is 3. The molecule has 0 fully saturated rings. The Kier molecular flexibility index (Phi) is 3.56. The minimum Gasteiger partial charge on any atom is -0.436 e. The van der Waals surface area contributed by atoms with Crippen LogP contribution < -0.4 is 4.57 Å². The lowest BCUT2D eigenvalue weighted by Crippen LogP contribution is -2.33. The van der Waals surface area contributed by atoms with Gasteiger partial charge in [0.05, 0.1) is 5.02 Å². The molecule has 0 amide bonds. The number of aromatic nitrogens is 2. The molecule has 3 nitrogen and oxygen atoms in total. The van der Waals surface area contributed by atoms with E-state index in [-0.39, 0.29) is 0 Å². The first-order chi connectivity index (χ1) is 11.3. The molecule has 0 saturated carbocycles. The lowest BCUT2D eigenvalue weighted by molar-refractivity contribution is -0.688. The first-order valence-corrected chi connectivity index (χ1v) is 7.76. The van der Waals surface area contributed by atoms with Crippen molar-refractivity contribution in [1.82, 2.24) is 4.98 Å². The molecule has 0 radical (unpaired) electrons. The first kappa shape index (κ1) is 14.0. The van der Waals surface area contributed by atoms with Crippen LogP contribution in [0.15, 0.2) is 77.5 Å². The van der Waals surface area contributed by atoms with Gasteiger partial charge in [0.15, 0.2) is 24.5 Å². The van der Waals surface area contributed by atoms with Crippen molar-refractivity contribution in [2.75, 3.05) is 0 Å². The van der Waals surface area contributed by atoms with Crippen LogP contribution in [0.2, 0.25) is 5.02 Å². The molecule has 0 aliphatic heterocycles. The van der Waals surface area contributed by atoms with E-state index in [9.17, 15) is 0 Å². The van der Waals surface area contributed by atoms with Gasteiger partial charge in [-0.15, -0.1) is 0 Å². The molecule has 4 aromatic rings. The van der Waals surface area contributed by atoms with Gasteiger partial charge in [0, 0.05) is 23.3 Å². The highest BCUT2D eigenvalue weighted by molar-refractivity contribution is 6.31. The molecular formula is C19H14ClN2O+. The number of para-hydroxylation sites is 2. The fourth-order valence-electron chi connectivity index (χ4n) is 2.52. The summed E-state index contributed by atoms with van der Waals surface area (Å²) >= 11 is 6.21. The zero-order chi connectivity index (χ0) is 15.6. The van der Waals surface area contributed by atoms with Crippen LogP contribution in [0, 0.1) is 0 Å². The quantitative estimate of drug-likeness (QED) is 0.521. The van der Waals surface area contributed by atoms with Crippen molar-refractivity contribution < 1.29 is 8.98 Å². The summed E-state index contributed by atoms with van der Waals surface area (Å²) < 4.78 is 7.87. The van der Waals surface area contributed by atoms with Crippen molar-refractivity contribution in [2.24, 2.45) is 0 Å². The average molecular weight is 322 g/mol. The third kappa shape index (κ3) is 2.83. The van der Waals surface area contributed by atoms with E-state index in [2.05, 4.69) is 9.55 Å². The second kappa shape index (κ2) is 5.86. The van der Waals surface area contributed by atoms with Gasteiger partial charge >= 0.3 is 0 Å². The number of hydrogen-bond donors (Lipinski definition) is 0. The maximum atomic E-state index is 6.21. The largest absolute Gasteiger partial charge is 0.436 e. The Labute approximate surface area is 138 Å². The van der Waals surface area contributed by atoms with Crippen LogP contribution in [0.1, 0.15) is 5.56 Å². The minimum atomic E-state index is 0.635. The molecule has 0 spiro atoms. The molecule has 4 rings (SSSR count). The molecule has 2 aromatic heterocycles. The highest BCUT2D eigenvalue weighted by Gasteiger charge is 2.11. The maximum Gasteiger partial charge on any atom is 0.227 e. The van der Waals surface area contributed by atoms with E-state index in [1.165, 1.54) is 0 Å². The number of oxazole rings is 1. The van der Waals surface area contributed by atoms with Crippen molar-refractivity contribution >= 4 is 22.7 Å². The summed E-state index contributed by atoms with van der Waals surface area (Å²) in [4.78, 5) is 4.51. The first-order valence-electron chi connectivity index (χ1n) is 7.38. The van der Waals surface area contributed by atoms with Gasteiger partial charge in [0.1, 0.15) is 5.52 Å². The lowest BCUT2D eigenvalue weighted by atomic mass is 10.2. The van der Waals surface area contributed by atoms with Crippen molar-refractivity contribution in [2.45, 2.75) is 6.54 Å². The summed E-state index contributed by atoms with van der Waals surface area (Å²) in [6.45, 7) is 0.730. The molecule has 2 heterocycles. The third-order valence-electron chi connectivity index (χ3n) is 3.74. The highest BCUT2D eigenvalue weighted by atomic mass is 35.5. The van der Waals surface area contributed by atoms with Crippen molar-refractivity contribution in [3.05, 3.63) is 83.6 Å². The van der Waals surface area contributed by atoms with E-state index in [1.54, 1.807) is 0 Å². The predicted molar refractivity (Wildman–Crippen MR) is 90.2 cm³/mol. The van der Waals surface area contributed by atoms with E-state index >= 15 is 0 Å². The second-order valence-electron chi connectivity index (χ2n) is 5.34. The number of benzene rings is 2. The van der Waals surface area contributed by atoms with Gasteiger partial charge < -0.3 is 4.42 Å². The van der Waals surface area contributed by atoms with Gasteiger partial charge in [-0.2, -0.15) is 0 Å². The fourth-order valence-corrected chi connectivity index (χ4v) is 2.72. The van der Waals surface area contributed by atoms with Crippen LogP contribution in [0.3, 0.4) is 0 Å². The number of nitrogens with zero attached hydrogens (tertiary/aromatic N) is 2. The third-order valence-corrected chi connectivity index (χ3v) is 4.11. The molecule has 23 heavy (non-hydrogen) atoms. The number of fused-ring (bicyclic) bond motifs is 1. The van der Waals surface area contributed by atoms with E-state index in [1.807, 2.05) is 73.1 Å². The van der Waals surface area contributed by atoms with Crippen LogP contribution in [0.25, 0.3) is 22.6 Å². The van der Waals surface area contributed by atoms with Gasteiger partial charge in [-0.1, -0.05) is 41.9 Å². The van der Waals surface area contributed by atoms with Gasteiger partial charge in [0.2, 0.25) is 5.89 Å². The predicted octanol–water partition coefficient (Wildman–Crippen LogP) is 4.48. The molecule has 112 valence electrons. The van der Waals surface area contributed by atoms with E-state index in [4.69, 9.17) is 16.0 Å². The second-order valence-corrected chi connectivity index (χ2v) is 5.74. The van der Waals surface area contributed by atoms with Crippen LogP contribution in [-0.2, 0) is 6.54 Å². The standard InChI is InChI=1S/C19H14ClN2O/c20-16-6-2-1-5-15(16)13-22-11-9-14(10-12-22)19-21-17-7-3-4-8-18(17)23-19/h1-12H,13H2/q+1. The Balaban J connectivity index is 1.61. The number of halogens is 1. The van der Waals surface area contributed by atoms with Gasteiger partial charge in [-0.05, 0) is 18.2 Å². The Hall–Kier alpha value is -2.65. The van der Waals surface area contributed by atoms with Gasteiger partial charge in [-0.25, -0.2) is 9.55 Å². The van der Waals surface area contributed by atoms with Crippen LogP contribution in [0.4, 0.5) is 0 Å². The molecule has 4 heteroatoms. The molecule has 0 N–H and O–H groups in total. The summed E-state index contributed by atoms with van der Waals surface area (Å²) in [7, 11) is 0. The van der Waals surface area contributed by atoms with Crippen LogP contribution >= 0.6 is 11.6 Å². The van der Waals surface area contributed by atoms with E-state index < -0.39 is 0 Å². The lowest BCUT2D eigenvalue weighted by Gasteiger charge is -2.00. The normalized spacial score (nSPS) is 11.0. The molecule has 0 unspecified atom stereocenters. The number of hydrogen-bond acceptors (Lipinski definition) is 2. The highest BCUT2D eigenvalue weighted by Crippen LogP contribution is 2.23. The Morgan fingerprint density at radius 2 is 1.65 bits per heavy atom. The van der Waals surface area contributed by atoms with Crippen LogP contribution in [0.5, 0.6) is 0 Å². The zero-order valence-electron chi connectivity index (χ0n) is 12.3. The molecule has 2 aromatic carbocycles. The molecule has 0 aliphatic rings. The molecule has 0 aliphatic carbocycles. The Morgan fingerprint density at radius 3 is 2.43 bits per heavy atom. The monoisotopic (exact) mass is 321 g/mol. The molecule has 0 atom stereocenters. The van der Waals surface area contributed by atoms with Crippen LogP contribution in [-0.4, -0.2) is 4.98 Å². The van der Waals surface area contributed by atoms with Crippen molar-refractivity contribution in [3.63, 3.8) is 0 Å². The molecular weight excluding hydrogens is 308 g/mol. The maximum absolute atomic E-state index is 6.21. The fraction of sp³-hybridized carbons (Fsp3) is 0.0526.